The lowest BCUT2D eigenvalue weighted by Crippen LogP contribution is -2.31. The molecule has 0 aliphatic heterocycles. The molecule has 3 nitrogen and oxygen atoms in total. The largest absolute Gasteiger partial charge is 0.491 e. The minimum Gasteiger partial charge on any atom is -0.491 e. The van der Waals surface area contributed by atoms with Gasteiger partial charge in [-0.25, -0.2) is 0 Å². The van der Waals surface area contributed by atoms with E-state index in [1.165, 1.54) is 5.56 Å². The van der Waals surface area contributed by atoms with Crippen LogP contribution in [0.2, 0.25) is 0 Å². The maximum absolute atomic E-state index is 9.68. The third-order valence-electron chi connectivity index (χ3n) is 2.65. The highest BCUT2D eigenvalue weighted by molar-refractivity contribution is 5.38. The zero-order valence-electron chi connectivity index (χ0n) is 10.6. The summed E-state index contributed by atoms with van der Waals surface area (Å²) in [6.07, 6.45) is 1.26. The van der Waals surface area contributed by atoms with Crippen molar-refractivity contribution in [3.8, 4) is 5.75 Å². The minimum atomic E-state index is -0.505. The molecule has 0 bridgehead atoms. The van der Waals surface area contributed by atoms with Gasteiger partial charge in [0.15, 0.2) is 0 Å². The monoisotopic (exact) mass is 235 g/mol. The van der Waals surface area contributed by atoms with Crippen molar-refractivity contribution in [2.24, 2.45) is 0 Å². The van der Waals surface area contributed by atoms with E-state index in [1.54, 1.807) is 6.08 Å². The van der Waals surface area contributed by atoms with Crippen molar-refractivity contribution in [1.82, 2.24) is 5.32 Å². The van der Waals surface area contributed by atoms with Crippen LogP contribution in [0, 0.1) is 13.8 Å². The van der Waals surface area contributed by atoms with Gasteiger partial charge in [0, 0.05) is 13.1 Å². The highest BCUT2D eigenvalue weighted by Crippen LogP contribution is 2.20. The average Bonchev–Trinajstić information content (AvgIpc) is 2.31. The smallest absolute Gasteiger partial charge is 0.122 e. The van der Waals surface area contributed by atoms with Crippen molar-refractivity contribution in [3.05, 3.63) is 42.0 Å². The van der Waals surface area contributed by atoms with Crippen molar-refractivity contribution in [2.75, 3.05) is 19.7 Å². The van der Waals surface area contributed by atoms with Gasteiger partial charge in [-0.2, -0.15) is 0 Å². The van der Waals surface area contributed by atoms with Gasteiger partial charge < -0.3 is 15.2 Å². The normalized spacial score (nSPS) is 12.2. The van der Waals surface area contributed by atoms with Crippen molar-refractivity contribution >= 4 is 0 Å². The lowest BCUT2D eigenvalue weighted by molar-refractivity contribution is 0.107. The molecule has 1 aromatic carbocycles. The number of benzene rings is 1. The molecule has 0 saturated carbocycles. The average molecular weight is 235 g/mol. The first-order valence-corrected chi connectivity index (χ1v) is 5.84. The molecule has 0 aliphatic carbocycles. The summed E-state index contributed by atoms with van der Waals surface area (Å²) in [6.45, 7) is 9.17. The van der Waals surface area contributed by atoms with Crippen molar-refractivity contribution in [1.29, 1.82) is 0 Å². The second-order valence-electron chi connectivity index (χ2n) is 4.11. The highest BCUT2D eigenvalue weighted by atomic mass is 16.5. The SMILES string of the molecule is C=CCNC[C@H](O)COc1cccc(C)c1C. The van der Waals surface area contributed by atoms with Crippen LogP contribution in [-0.4, -0.2) is 30.9 Å². The van der Waals surface area contributed by atoms with Crippen LogP contribution in [0.15, 0.2) is 30.9 Å². The molecule has 1 atom stereocenters. The van der Waals surface area contributed by atoms with E-state index in [-0.39, 0.29) is 0 Å². The Balaban J connectivity index is 2.39. The number of hydrogen-bond acceptors (Lipinski definition) is 3. The van der Waals surface area contributed by atoms with Gasteiger partial charge in [-0.3, -0.25) is 0 Å². The summed E-state index contributed by atoms with van der Waals surface area (Å²) >= 11 is 0. The number of aliphatic hydroxyl groups is 1. The first-order valence-electron chi connectivity index (χ1n) is 5.84. The molecular formula is C14H21NO2. The summed E-state index contributed by atoms with van der Waals surface area (Å²) in [7, 11) is 0. The van der Waals surface area contributed by atoms with Gasteiger partial charge in [0.2, 0.25) is 0 Å². The van der Waals surface area contributed by atoms with Crippen molar-refractivity contribution in [2.45, 2.75) is 20.0 Å². The Morgan fingerprint density at radius 3 is 2.94 bits per heavy atom. The van der Waals surface area contributed by atoms with E-state index in [4.69, 9.17) is 4.74 Å². The Kier molecular flexibility index (Phi) is 5.73. The molecule has 94 valence electrons. The van der Waals surface area contributed by atoms with Gasteiger partial charge in [-0.05, 0) is 31.0 Å². The summed E-state index contributed by atoms with van der Waals surface area (Å²) < 4.78 is 5.59. The van der Waals surface area contributed by atoms with E-state index in [0.717, 1.165) is 11.3 Å². The molecule has 0 spiro atoms. The maximum Gasteiger partial charge on any atom is 0.122 e. The Hall–Kier alpha value is -1.32. The zero-order chi connectivity index (χ0) is 12.7. The quantitative estimate of drug-likeness (QED) is 0.559. The van der Waals surface area contributed by atoms with Crippen molar-refractivity contribution in [3.63, 3.8) is 0 Å². The standard InChI is InChI=1S/C14H21NO2/c1-4-8-15-9-13(16)10-17-14-7-5-6-11(2)12(14)3/h4-7,13,15-16H,1,8-10H2,2-3H3/t13-/m0/s1. The van der Waals surface area contributed by atoms with Crippen LogP contribution in [0.4, 0.5) is 0 Å². The highest BCUT2D eigenvalue weighted by Gasteiger charge is 2.06. The number of rotatable bonds is 7. The summed E-state index contributed by atoms with van der Waals surface area (Å²) in [5.74, 6) is 0.841. The second kappa shape index (κ2) is 7.09. The molecule has 0 heterocycles. The molecule has 0 radical (unpaired) electrons. The third-order valence-corrected chi connectivity index (χ3v) is 2.65. The summed E-state index contributed by atoms with van der Waals surface area (Å²) in [6, 6.07) is 5.93. The molecule has 0 saturated heterocycles. The number of aryl methyl sites for hydroxylation is 1. The predicted octanol–water partition coefficient (Wildman–Crippen LogP) is 1.82. The van der Waals surface area contributed by atoms with E-state index in [1.807, 2.05) is 32.0 Å². The fourth-order valence-corrected chi connectivity index (χ4v) is 1.48. The Labute approximate surface area is 103 Å². The summed E-state index contributed by atoms with van der Waals surface area (Å²) in [5, 5.41) is 12.7. The van der Waals surface area contributed by atoms with Gasteiger partial charge in [0.25, 0.3) is 0 Å². The molecule has 0 unspecified atom stereocenters. The minimum absolute atomic E-state index is 0.300. The number of ether oxygens (including phenoxy) is 1. The van der Waals surface area contributed by atoms with E-state index < -0.39 is 6.10 Å². The van der Waals surface area contributed by atoms with Crippen LogP contribution in [0.3, 0.4) is 0 Å². The van der Waals surface area contributed by atoms with Gasteiger partial charge in [0.05, 0.1) is 0 Å². The van der Waals surface area contributed by atoms with Crippen LogP contribution in [0.5, 0.6) is 5.75 Å². The fraction of sp³-hybridized carbons (Fsp3) is 0.429. The maximum atomic E-state index is 9.68. The Morgan fingerprint density at radius 2 is 2.24 bits per heavy atom. The van der Waals surface area contributed by atoms with Crippen LogP contribution < -0.4 is 10.1 Å². The lowest BCUT2D eigenvalue weighted by atomic mass is 10.1. The van der Waals surface area contributed by atoms with Gasteiger partial charge >= 0.3 is 0 Å². The van der Waals surface area contributed by atoms with E-state index in [0.29, 0.717) is 19.7 Å². The van der Waals surface area contributed by atoms with Crippen LogP contribution in [0.1, 0.15) is 11.1 Å². The first-order chi connectivity index (χ1) is 8.15. The van der Waals surface area contributed by atoms with E-state index in [9.17, 15) is 5.11 Å². The molecule has 1 rings (SSSR count). The molecule has 0 amide bonds. The Bertz CT molecular complexity index is 363. The lowest BCUT2D eigenvalue weighted by Gasteiger charge is -2.14. The molecule has 2 N–H and O–H groups in total. The van der Waals surface area contributed by atoms with Gasteiger partial charge in [-0.15, -0.1) is 6.58 Å². The van der Waals surface area contributed by atoms with Gasteiger partial charge in [-0.1, -0.05) is 18.2 Å². The van der Waals surface area contributed by atoms with E-state index in [2.05, 4.69) is 11.9 Å². The summed E-state index contributed by atoms with van der Waals surface area (Å²) in [5.41, 5.74) is 2.32. The number of hydrogen-bond donors (Lipinski definition) is 2. The molecule has 0 aromatic heterocycles. The molecule has 1 aromatic rings. The Morgan fingerprint density at radius 1 is 1.47 bits per heavy atom. The molecule has 0 aliphatic rings. The zero-order valence-corrected chi connectivity index (χ0v) is 10.6. The molecule has 17 heavy (non-hydrogen) atoms. The summed E-state index contributed by atoms with van der Waals surface area (Å²) in [4.78, 5) is 0. The molecule has 3 heteroatoms. The predicted molar refractivity (Wildman–Crippen MR) is 70.5 cm³/mol. The molecule has 0 fully saturated rings. The first kappa shape index (κ1) is 13.7. The number of aliphatic hydroxyl groups excluding tert-OH is 1. The van der Waals surface area contributed by atoms with Gasteiger partial charge in [0.1, 0.15) is 18.5 Å². The van der Waals surface area contributed by atoms with Crippen molar-refractivity contribution < 1.29 is 9.84 Å². The van der Waals surface area contributed by atoms with Crippen LogP contribution in [0.25, 0.3) is 0 Å². The van der Waals surface area contributed by atoms with Crippen LogP contribution in [-0.2, 0) is 0 Å². The van der Waals surface area contributed by atoms with E-state index >= 15 is 0 Å². The topological polar surface area (TPSA) is 41.5 Å². The molecular weight excluding hydrogens is 214 g/mol. The third kappa shape index (κ3) is 4.59. The fourth-order valence-electron chi connectivity index (χ4n) is 1.48. The van der Waals surface area contributed by atoms with Crippen LogP contribution >= 0.6 is 0 Å². The number of nitrogens with one attached hydrogen (secondary N) is 1. The second-order valence-corrected chi connectivity index (χ2v) is 4.11.